The van der Waals surface area contributed by atoms with Gasteiger partial charge in [-0.05, 0) is 25.0 Å². The topological polar surface area (TPSA) is 89.6 Å². The van der Waals surface area contributed by atoms with Crippen molar-refractivity contribution >= 4 is 28.9 Å². The van der Waals surface area contributed by atoms with E-state index in [4.69, 9.17) is 9.47 Å². The Kier molecular flexibility index (Phi) is 3.99. The highest BCUT2D eigenvalue weighted by atomic mass is 16.5. The highest BCUT2D eigenvalue weighted by Gasteiger charge is 2.33. The van der Waals surface area contributed by atoms with Crippen molar-refractivity contribution in [3.8, 4) is 17.2 Å². The first-order valence-corrected chi connectivity index (χ1v) is 8.61. The second-order valence-electron chi connectivity index (χ2n) is 6.33. The van der Waals surface area contributed by atoms with E-state index >= 15 is 0 Å². The van der Waals surface area contributed by atoms with Gasteiger partial charge >= 0.3 is 0 Å². The average molecular weight is 353 g/mol. The first-order valence-electron chi connectivity index (χ1n) is 8.61. The first kappa shape index (κ1) is 16.4. The molecule has 1 fully saturated rings. The molecule has 7 heteroatoms. The third-order valence-corrected chi connectivity index (χ3v) is 4.52. The number of hydrogen-bond acceptors (Lipinski definition) is 6. The Balaban J connectivity index is 1.80. The van der Waals surface area contributed by atoms with Gasteiger partial charge in [-0.15, -0.1) is 0 Å². The molecule has 2 aliphatic rings. The molecule has 2 N–H and O–H groups in total. The monoisotopic (exact) mass is 353 g/mol. The number of pyridine rings is 1. The maximum atomic E-state index is 12.3. The van der Waals surface area contributed by atoms with Crippen LogP contribution in [0.4, 0.5) is 17.2 Å². The van der Waals surface area contributed by atoms with Crippen molar-refractivity contribution in [3.05, 3.63) is 30.0 Å². The van der Waals surface area contributed by atoms with Crippen LogP contribution in [0.1, 0.15) is 36.5 Å². The summed E-state index contributed by atoms with van der Waals surface area (Å²) in [6.07, 6.45) is 3.59. The number of carbonyl (C=O) groups excluding carboxylic acids is 2. The molecule has 134 valence electrons. The molecule has 4 rings (SSSR count). The molecule has 1 amide bonds. The number of hydrogen-bond donors (Lipinski definition) is 2. The smallest absolute Gasteiger partial charge is 0.228 e. The molecule has 1 aromatic heterocycles. The number of rotatable bonds is 5. The van der Waals surface area contributed by atoms with Crippen molar-refractivity contribution in [1.82, 2.24) is 4.98 Å². The highest BCUT2D eigenvalue weighted by molar-refractivity contribution is 6.06. The zero-order valence-electron chi connectivity index (χ0n) is 14.6. The molecule has 2 aromatic rings. The van der Waals surface area contributed by atoms with Crippen molar-refractivity contribution < 1.29 is 19.1 Å². The molecule has 0 atom stereocenters. The molecule has 0 unspecified atom stereocenters. The van der Waals surface area contributed by atoms with Gasteiger partial charge in [-0.3, -0.25) is 9.59 Å². The second-order valence-corrected chi connectivity index (χ2v) is 6.33. The van der Waals surface area contributed by atoms with E-state index in [9.17, 15) is 9.59 Å². The molecular formula is C19H19N3O4. The van der Waals surface area contributed by atoms with Crippen LogP contribution in [0, 0.1) is 5.92 Å². The largest absolute Gasteiger partial charge is 0.494 e. The summed E-state index contributed by atoms with van der Waals surface area (Å²) >= 11 is 0. The van der Waals surface area contributed by atoms with Crippen LogP contribution < -0.4 is 20.1 Å². The number of aromatic nitrogens is 1. The highest BCUT2D eigenvalue weighted by Crippen LogP contribution is 2.50. The normalized spacial score (nSPS) is 14.4. The zero-order valence-corrected chi connectivity index (χ0v) is 14.6. The Bertz CT molecular complexity index is 906. The number of ether oxygens (including phenoxy) is 2. The van der Waals surface area contributed by atoms with E-state index in [1.807, 2.05) is 0 Å². The summed E-state index contributed by atoms with van der Waals surface area (Å²) in [7, 11) is 1.57. The number of carbonyl (C=O) groups is 2. The Labute approximate surface area is 150 Å². The maximum Gasteiger partial charge on any atom is 0.228 e. The Morgan fingerprint density at radius 1 is 1.35 bits per heavy atom. The minimum Gasteiger partial charge on any atom is -0.494 e. The van der Waals surface area contributed by atoms with E-state index in [1.54, 1.807) is 32.2 Å². The van der Waals surface area contributed by atoms with Crippen molar-refractivity contribution in [2.75, 3.05) is 17.7 Å². The SMILES string of the molecule is CCC(=O)c1cnc(NC(=O)C2CC2)c2c1Nc1c(OC)cccc1O2. The molecule has 7 nitrogen and oxygen atoms in total. The van der Waals surface area contributed by atoms with Crippen molar-refractivity contribution in [2.45, 2.75) is 26.2 Å². The molecule has 26 heavy (non-hydrogen) atoms. The standard InChI is InChI=1S/C19H19N3O4/c1-3-12(23)11-9-20-18(22-19(24)10-7-8-10)17-15(11)21-16-13(25-2)5-4-6-14(16)26-17/h4-6,9-10,21H,3,7-8H2,1-2H3,(H,20,22,24). The molecule has 1 aliphatic carbocycles. The van der Waals surface area contributed by atoms with E-state index in [1.165, 1.54) is 6.20 Å². The van der Waals surface area contributed by atoms with Gasteiger partial charge in [0, 0.05) is 18.5 Å². The van der Waals surface area contributed by atoms with Gasteiger partial charge < -0.3 is 20.1 Å². The second kappa shape index (κ2) is 6.33. The minimum atomic E-state index is -0.0747. The van der Waals surface area contributed by atoms with E-state index in [2.05, 4.69) is 15.6 Å². The summed E-state index contributed by atoms with van der Waals surface area (Å²) in [5.74, 6) is 1.69. The van der Waals surface area contributed by atoms with Crippen LogP contribution in [0.25, 0.3) is 0 Å². The van der Waals surface area contributed by atoms with Gasteiger partial charge in [0.1, 0.15) is 11.4 Å². The van der Waals surface area contributed by atoms with Crippen LogP contribution in [0.15, 0.2) is 24.4 Å². The number of anilines is 3. The number of methoxy groups -OCH3 is 1. The van der Waals surface area contributed by atoms with Crippen molar-refractivity contribution in [1.29, 1.82) is 0 Å². The summed E-state index contributed by atoms with van der Waals surface area (Å²) in [5, 5.41) is 6.06. The van der Waals surface area contributed by atoms with E-state index in [0.717, 1.165) is 12.8 Å². The fraction of sp³-hybridized carbons (Fsp3) is 0.316. The van der Waals surface area contributed by atoms with Gasteiger partial charge in [-0.25, -0.2) is 4.98 Å². The molecule has 0 saturated heterocycles. The van der Waals surface area contributed by atoms with Gasteiger partial charge in [0.15, 0.2) is 23.1 Å². The lowest BCUT2D eigenvalue weighted by atomic mass is 10.1. The lowest BCUT2D eigenvalue weighted by Gasteiger charge is -2.26. The summed E-state index contributed by atoms with van der Waals surface area (Å²) in [5.41, 5.74) is 1.55. The number of fused-ring (bicyclic) bond motifs is 2. The third-order valence-electron chi connectivity index (χ3n) is 4.52. The minimum absolute atomic E-state index is 0.0355. The van der Waals surface area contributed by atoms with Crippen molar-refractivity contribution in [3.63, 3.8) is 0 Å². The van der Waals surface area contributed by atoms with Gasteiger partial charge in [-0.2, -0.15) is 0 Å². The van der Waals surface area contributed by atoms with Crippen LogP contribution in [0.3, 0.4) is 0 Å². The Hall–Kier alpha value is -3.09. The quantitative estimate of drug-likeness (QED) is 0.677. The predicted octanol–water partition coefficient (Wildman–Crippen LogP) is 3.88. The molecule has 1 saturated carbocycles. The number of para-hydroxylation sites is 1. The summed E-state index contributed by atoms with van der Waals surface area (Å²) < 4.78 is 11.4. The van der Waals surface area contributed by atoms with Crippen LogP contribution >= 0.6 is 0 Å². The number of benzene rings is 1. The zero-order chi connectivity index (χ0) is 18.3. The van der Waals surface area contributed by atoms with Gasteiger partial charge in [0.2, 0.25) is 5.91 Å². The number of amides is 1. The Morgan fingerprint density at radius 2 is 2.15 bits per heavy atom. The molecule has 1 aromatic carbocycles. The molecule has 2 heterocycles. The van der Waals surface area contributed by atoms with Gasteiger partial charge in [0.05, 0.1) is 18.4 Å². The summed E-state index contributed by atoms with van der Waals surface area (Å²) in [6.45, 7) is 1.79. The molecular weight excluding hydrogens is 334 g/mol. The fourth-order valence-corrected chi connectivity index (χ4v) is 2.90. The van der Waals surface area contributed by atoms with Crippen LogP contribution in [-0.4, -0.2) is 23.8 Å². The number of nitrogens with zero attached hydrogens (tertiary/aromatic N) is 1. The summed E-state index contributed by atoms with van der Waals surface area (Å²) in [4.78, 5) is 28.8. The predicted molar refractivity (Wildman–Crippen MR) is 96.6 cm³/mol. The van der Waals surface area contributed by atoms with E-state index < -0.39 is 0 Å². The lowest BCUT2D eigenvalue weighted by Crippen LogP contribution is -2.18. The molecule has 0 radical (unpaired) electrons. The van der Waals surface area contributed by atoms with Crippen LogP contribution in [0.5, 0.6) is 17.2 Å². The average Bonchev–Trinajstić information content (AvgIpc) is 3.51. The number of ketones is 1. The maximum absolute atomic E-state index is 12.3. The van der Waals surface area contributed by atoms with Gasteiger partial charge in [-0.1, -0.05) is 13.0 Å². The Morgan fingerprint density at radius 3 is 2.85 bits per heavy atom. The molecule has 0 spiro atoms. The number of nitrogens with one attached hydrogen (secondary N) is 2. The van der Waals surface area contributed by atoms with Gasteiger partial charge in [0.25, 0.3) is 0 Å². The van der Waals surface area contributed by atoms with Crippen LogP contribution in [-0.2, 0) is 4.79 Å². The fourth-order valence-electron chi connectivity index (χ4n) is 2.90. The molecule has 1 aliphatic heterocycles. The molecule has 0 bridgehead atoms. The lowest BCUT2D eigenvalue weighted by molar-refractivity contribution is -0.117. The van der Waals surface area contributed by atoms with Crippen LogP contribution in [0.2, 0.25) is 0 Å². The van der Waals surface area contributed by atoms with Crippen molar-refractivity contribution in [2.24, 2.45) is 5.92 Å². The number of Topliss-reactive ketones (excluding diaryl/α,β-unsaturated/α-hetero) is 1. The third kappa shape index (κ3) is 2.75. The van der Waals surface area contributed by atoms with E-state index in [-0.39, 0.29) is 17.6 Å². The summed E-state index contributed by atoms with van der Waals surface area (Å²) in [6, 6.07) is 5.40. The first-order chi connectivity index (χ1) is 12.6. The van der Waals surface area contributed by atoms with E-state index in [0.29, 0.717) is 46.4 Å².